The average molecular weight is 250 g/mol. The van der Waals surface area contributed by atoms with Crippen molar-refractivity contribution in [2.24, 2.45) is 11.3 Å². The van der Waals surface area contributed by atoms with Crippen molar-refractivity contribution in [3.63, 3.8) is 0 Å². The first-order valence-corrected chi connectivity index (χ1v) is 6.48. The summed E-state index contributed by atoms with van der Waals surface area (Å²) >= 11 is 6.42. The van der Waals surface area contributed by atoms with Gasteiger partial charge in [-0.05, 0) is 29.9 Å². The normalized spacial score (nSPS) is 23.8. The van der Waals surface area contributed by atoms with Crippen molar-refractivity contribution in [1.29, 1.82) is 0 Å². The Labute approximate surface area is 106 Å². The summed E-state index contributed by atoms with van der Waals surface area (Å²) in [6, 6.07) is 7.83. The van der Waals surface area contributed by atoms with Crippen LogP contribution in [0.2, 0.25) is 0 Å². The largest absolute Gasteiger partial charge is 0.441 e. The van der Waals surface area contributed by atoms with Crippen molar-refractivity contribution in [3.8, 4) is 0 Å². The molecule has 0 saturated heterocycles. The maximum Gasteiger partial charge on any atom is 0.196 e. The molecule has 3 rings (SSSR count). The Morgan fingerprint density at radius 3 is 2.82 bits per heavy atom. The van der Waals surface area contributed by atoms with E-state index in [9.17, 15) is 0 Å². The highest BCUT2D eigenvalue weighted by molar-refractivity contribution is 6.21. The Hall–Kier alpha value is -1.02. The lowest BCUT2D eigenvalue weighted by Gasteiger charge is -2.08. The monoisotopic (exact) mass is 249 g/mol. The number of nitrogens with zero attached hydrogens (tertiary/aromatic N) is 1. The zero-order chi connectivity index (χ0) is 12.0. The number of benzene rings is 1. The number of rotatable bonds is 3. The minimum atomic E-state index is 0.137. The number of halogens is 1. The Morgan fingerprint density at radius 2 is 2.18 bits per heavy atom. The van der Waals surface area contributed by atoms with Gasteiger partial charge in [-0.15, -0.1) is 11.6 Å². The molecule has 3 heteroatoms. The summed E-state index contributed by atoms with van der Waals surface area (Å²) in [5, 5.41) is 0.137. The maximum atomic E-state index is 6.42. The van der Waals surface area contributed by atoms with E-state index in [1.165, 1.54) is 6.42 Å². The van der Waals surface area contributed by atoms with Crippen molar-refractivity contribution < 1.29 is 4.42 Å². The van der Waals surface area contributed by atoms with Crippen molar-refractivity contribution in [2.75, 3.05) is 0 Å². The van der Waals surface area contributed by atoms with Gasteiger partial charge in [0.25, 0.3) is 0 Å². The predicted octanol–water partition coefficient (Wildman–Crippen LogP) is 4.02. The van der Waals surface area contributed by atoms with Crippen molar-refractivity contribution >= 4 is 22.7 Å². The fourth-order valence-corrected chi connectivity index (χ4v) is 3.00. The number of hydrogen-bond acceptors (Lipinski definition) is 2. The molecule has 2 aromatic rings. The van der Waals surface area contributed by atoms with Crippen LogP contribution < -0.4 is 0 Å². The van der Waals surface area contributed by atoms with Gasteiger partial charge in [-0.1, -0.05) is 26.0 Å². The minimum Gasteiger partial charge on any atom is -0.441 e. The van der Waals surface area contributed by atoms with Crippen LogP contribution >= 0.6 is 11.6 Å². The third-order valence-electron chi connectivity index (χ3n) is 3.73. The molecule has 0 spiro atoms. The molecule has 0 radical (unpaired) electrons. The topological polar surface area (TPSA) is 26.0 Å². The maximum absolute atomic E-state index is 6.42. The number of hydrogen-bond donors (Lipinski definition) is 0. The highest BCUT2D eigenvalue weighted by Gasteiger charge is 2.49. The SMILES string of the molecule is CC1(C)CC1C(Cl)Cc1nc2ccccc2o1. The standard InChI is InChI=1S/C14H16ClNO/c1-14(2)8-9(14)10(15)7-13-16-11-5-3-4-6-12(11)17-13/h3-6,9-10H,7-8H2,1-2H3. The van der Waals surface area contributed by atoms with Crippen LogP contribution in [0.1, 0.15) is 26.2 Å². The van der Waals surface area contributed by atoms with Gasteiger partial charge in [0.15, 0.2) is 11.5 Å². The molecule has 1 aliphatic rings. The molecule has 2 nitrogen and oxygen atoms in total. The Bertz CT molecular complexity index is 513. The van der Waals surface area contributed by atoms with E-state index in [1.54, 1.807) is 0 Å². The molecular formula is C14H16ClNO. The Kier molecular flexibility index (Phi) is 2.44. The quantitative estimate of drug-likeness (QED) is 0.768. The predicted molar refractivity (Wildman–Crippen MR) is 69.2 cm³/mol. The molecule has 90 valence electrons. The average Bonchev–Trinajstić information content (AvgIpc) is 2.73. The van der Waals surface area contributed by atoms with Crippen LogP contribution in [-0.2, 0) is 6.42 Å². The Balaban J connectivity index is 1.77. The third-order valence-corrected chi connectivity index (χ3v) is 4.19. The number of para-hydroxylation sites is 2. The Morgan fingerprint density at radius 1 is 1.47 bits per heavy atom. The zero-order valence-corrected chi connectivity index (χ0v) is 10.9. The molecule has 2 atom stereocenters. The molecule has 1 aromatic carbocycles. The molecule has 17 heavy (non-hydrogen) atoms. The van der Waals surface area contributed by atoms with E-state index in [4.69, 9.17) is 16.0 Å². The molecule has 0 bridgehead atoms. The highest BCUT2D eigenvalue weighted by atomic mass is 35.5. The van der Waals surface area contributed by atoms with Crippen LogP contribution in [0.3, 0.4) is 0 Å². The first-order valence-electron chi connectivity index (χ1n) is 6.05. The van der Waals surface area contributed by atoms with Gasteiger partial charge in [-0.2, -0.15) is 0 Å². The summed E-state index contributed by atoms with van der Waals surface area (Å²) in [6.45, 7) is 4.53. The molecule has 1 fully saturated rings. The van der Waals surface area contributed by atoms with Crippen molar-refractivity contribution in [1.82, 2.24) is 4.98 Å². The van der Waals surface area contributed by atoms with Crippen LogP contribution in [-0.4, -0.2) is 10.4 Å². The van der Waals surface area contributed by atoms with E-state index < -0.39 is 0 Å². The lowest BCUT2D eigenvalue weighted by molar-refractivity contribution is 0.483. The number of fused-ring (bicyclic) bond motifs is 1. The molecule has 1 aliphatic carbocycles. The molecular weight excluding hydrogens is 234 g/mol. The molecule has 0 N–H and O–H groups in total. The second-order valence-corrected chi connectivity index (χ2v) is 6.16. The van der Waals surface area contributed by atoms with E-state index in [1.807, 2.05) is 24.3 Å². The second kappa shape index (κ2) is 3.74. The molecule has 0 amide bonds. The minimum absolute atomic E-state index is 0.137. The van der Waals surface area contributed by atoms with E-state index in [0.29, 0.717) is 11.3 Å². The molecule has 0 aliphatic heterocycles. The lowest BCUT2D eigenvalue weighted by Crippen LogP contribution is -2.10. The fraction of sp³-hybridized carbons (Fsp3) is 0.500. The number of alkyl halides is 1. The molecule has 1 saturated carbocycles. The summed E-state index contributed by atoms with van der Waals surface area (Å²) in [5.41, 5.74) is 2.17. The van der Waals surface area contributed by atoms with Crippen molar-refractivity contribution in [2.45, 2.75) is 32.1 Å². The van der Waals surface area contributed by atoms with Gasteiger partial charge in [0.2, 0.25) is 0 Å². The van der Waals surface area contributed by atoms with Gasteiger partial charge in [0.05, 0.1) is 0 Å². The third kappa shape index (κ3) is 2.06. The van der Waals surface area contributed by atoms with Crippen LogP contribution in [0.25, 0.3) is 11.1 Å². The van der Waals surface area contributed by atoms with Crippen LogP contribution in [0, 0.1) is 11.3 Å². The first-order chi connectivity index (χ1) is 8.06. The summed E-state index contributed by atoms with van der Waals surface area (Å²) in [5.74, 6) is 1.35. The van der Waals surface area contributed by atoms with Gasteiger partial charge >= 0.3 is 0 Å². The second-order valence-electron chi connectivity index (χ2n) is 5.59. The number of oxazole rings is 1. The summed E-state index contributed by atoms with van der Waals surface area (Å²) in [4.78, 5) is 4.46. The summed E-state index contributed by atoms with van der Waals surface area (Å²) < 4.78 is 5.69. The molecule has 2 unspecified atom stereocenters. The van der Waals surface area contributed by atoms with Gasteiger partial charge < -0.3 is 4.42 Å². The van der Waals surface area contributed by atoms with Crippen LogP contribution in [0.5, 0.6) is 0 Å². The van der Waals surface area contributed by atoms with Gasteiger partial charge in [-0.25, -0.2) is 4.98 Å². The van der Waals surface area contributed by atoms with E-state index in [2.05, 4.69) is 18.8 Å². The zero-order valence-electron chi connectivity index (χ0n) is 10.1. The number of aromatic nitrogens is 1. The fourth-order valence-electron chi connectivity index (χ4n) is 2.44. The lowest BCUT2D eigenvalue weighted by atomic mass is 10.1. The summed E-state index contributed by atoms with van der Waals surface area (Å²) in [7, 11) is 0. The molecule has 1 aromatic heterocycles. The first kappa shape index (κ1) is 11.1. The highest BCUT2D eigenvalue weighted by Crippen LogP contribution is 2.55. The van der Waals surface area contributed by atoms with Crippen LogP contribution in [0.4, 0.5) is 0 Å². The van der Waals surface area contributed by atoms with E-state index >= 15 is 0 Å². The molecule has 1 heterocycles. The van der Waals surface area contributed by atoms with E-state index in [0.717, 1.165) is 23.4 Å². The van der Waals surface area contributed by atoms with Crippen LogP contribution in [0.15, 0.2) is 28.7 Å². The van der Waals surface area contributed by atoms with Gasteiger partial charge in [0, 0.05) is 11.8 Å². The van der Waals surface area contributed by atoms with E-state index in [-0.39, 0.29) is 5.38 Å². The summed E-state index contributed by atoms with van der Waals surface area (Å²) in [6.07, 6.45) is 1.94. The van der Waals surface area contributed by atoms with Gasteiger partial charge in [0.1, 0.15) is 5.52 Å². The van der Waals surface area contributed by atoms with Crippen molar-refractivity contribution in [3.05, 3.63) is 30.2 Å². The smallest absolute Gasteiger partial charge is 0.196 e. The van der Waals surface area contributed by atoms with Gasteiger partial charge in [-0.3, -0.25) is 0 Å².